The number of anilines is 6. The van der Waals surface area contributed by atoms with Crippen molar-refractivity contribution in [2.24, 2.45) is 0 Å². The second kappa shape index (κ2) is 21.9. The molecule has 4 nitrogen and oxygen atoms in total. The Labute approximate surface area is 527 Å². The number of nitrogens with zero attached hydrogens (tertiary/aromatic N) is 4. The van der Waals surface area contributed by atoms with Crippen LogP contribution in [0.4, 0.5) is 60.5 Å². The van der Waals surface area contributed by atoms with Gasteiger partial charge >= 0.3 is 12.4 Å². The van der Waals surface area contributed by atoms with E-state index >= 15 is 13.2 Å². The van der Waals surface area contributed by atoms with Gasteiger partial charge in [-0.15, -0.1) is 0 Å². The fourth-order valence-electron chi connectivity index (χ4n) is 13.9. The van der Waals surface area contributed by atoms with Gasteiger partial charge in [-0.2, -0.15) is 31.6 Å². The summed E-state index contributed by atoms with van der Waals surface area (Å²) in [7, 11) is 0. The van der Waals surface area contributed by atoms with E-state index < -0.39 is 29.0 Å². The summed E-state index contributed by atoms with van der Waals surface area (Å²) in [5, 5.41) is 11.7. The minimum absolute atomic E-state index is 0.0398. The standard InChI is InChI=1S/C81H49BF6N4/c83-80(84,85)62-35-36-65(69(49-62)81(86,87)88)67-39-51(50-89)33-37-73(67)92-72-30-16-13-27-66(72)68-46-56(34-38-74(68)92)61-47-77-79-78(48-61)91(64-44-59(54-23-9-3-10-24-54)41-60(45-64)55-25-11-4-12-26-55)76-32-18-15-29-71(76)82(79)70-28-14-17-31-75(70)90(77)63-42-57(52-19-5-1-6-20-52)40-58(43-63)53-21-7-2-8-22-53/h1-49H. The van der Waals surface area contributed by atoms with Crippen LogP contribution in [-0.2, 0) is 12.4 Å². The molecule has 2 aliphatic heterocycles. The molecule has 14 aromatic rings. The van der Waals surface area contributed by atoms with E-state index in [1.54, 1.807) is 6.07 Å². The van der Waals surface area contributed by atoms with E-state index in [9.17, 15) is 18.4 Å². The van der Waals surface area contributed by atoms with E-state index in [-0.39, 0.29) is 29.6 Å². The maximum Gasteiger partial charge on any atom is 0.417 e. The van der Waals surface area contributed by atoms with E-state index in [0.717, 1.165) is 123 Å². The number of benzene rings is 13. The number of halogens is 6. The number of fused-ring (bicyclic) bond motifs is 7. The number of para-hydroxylation sites is 3. The molecule has 0 amide bonds. The van der Waals surface area contributed by atoms with Crippen molar-refractivity contribution in [3.63, 3.8) is 0 Å². The molecule has 92 heavy (non-hydrogen) atoms. The topological polar surface area (TPSA) is 35.2 Å². The molecule has 2 aliphatic rings. The average molecular weight is 1200 g/mol. The first-order valence-corrected chi connectivity index (χ1v) is 30.2. The van der Waals surface area contributed by atoms with E-state index in [1.807, 2.05) is 71.3 Å². The zero-order valence-corrected chi connectivity index (χ0v) is 48.9. The van der Waals surface area contributed by atoms with Crippen molar-refractivity contribution in [3.05, 3.63) is 314 Å². The Hall–Kier alpha value is -11.6. The SMILES string of the molecule is N#Cc1ccc(-n2c3ccccc3c3cc(-c4cc5c6c(c4)N(c4cc(-c7ccccc7)cc(-c7ccccc7)c4)c4ccccc4B6c4ccccc4N5c4cc(-c5ccccc5)cc(-c5ccccc5)c4)ccc32)c(-c2ccc(C(F)(F)F)cc2C(F)(F)F)c1. The maximum absolute atomic E-state index is 15.2. The Morgan fingerprint density at radius 3 is 1.26 bits per heavy atom. The van der Waals surface area contributed by atoms with Gasteiger partial charge in [-0.05, 0) is 187 Å². The summed E-state index contributed by atoms with van der Waals surface area (Å²) in [6.45, 7) is -0.213. The van der Waals surface area contributed by atoms with Gasteiger partial charge in [-0.3, -0.25) is 0 Å². The summed E-state index contributed by atoms with van der Waals surface area (Å²) < 4.78 is 89.7. The number of alkyl halides is 6. The zero-order valence-electron chi connectivity index (χ0n) is 48.9. The summed E-state index contributed by atoms with van der Waals surface area (Å²) in [6, 6.07) is 99.2. The summed E-state index contributed by atoms with van der Waals surface area (Å²) in [6.07, 6.45) is -10.2. The molecule has 11 heteroatoms. The minimum Gasteiger partial charge on any atom is -0.311 e. The lowest BCUT2D eigenvalue weighted by molar-refractivity contribution is -0.142. The maximum atomic E-state index is 15.2. The summed E-state index contributed by atoms with van der Waals surface area (Å²) in [5.74, 6) is 0. The van der Waals surface area contributed by atoms with E-state index in [4.69, 9.17) is 0 Å². The zero-order chi connectivity index (χ0) is 62.4. The van der Waals surface area contributed by atoms with Crippen LogP contribution in [0.5, 0.6) is 0 Å². The van der Waals surface area contributed by atoms with Gasteiger partial charge < -0.3 is 14.4 Å². The Bertz CT molecular complexity index is 4980. The van der Waals surface area contributed by atoms with E-state index in [0.29, 0.717) is 17.1 Å². The van der Waals surface area contributed by atoms with E-state index in [2.05, 4.69) is 210 Å². The quantitative estimate of drug-likeness (QED) is 0.107. The molecule has 0 spiro atoms. The Balaban J connectivity index is 0.978. The smallest absolute Gasteiger partial charge is 0.311 e. The fraction of sp³-hybridized carbons (Fsp3) is 0.0247. The molecule has 0 saturated carbocycles. The van der Waals surface area contributed by atoms with Crippen molar-refractivity contribution in [2.45, 2.75) is 12.4 Å². The normalized spacial score (nSPS) is 12.6. The van der Waals surface area contributed by atoms with Crippen LogP contribution in [0, 0.1) is 11.3 Å². The van der Waals surface area contributed by atoms with E-state index in [1.165, 1.54) is 12.1 Å². The highest BCUT2D eigenvalue weighted by atomic mass is 19.4. The predicted octanol–water partition coefficient (Wildman–Crippen LogP) is 20.8. The molecule has 0 aliphatic carbocycles. The fourth-order valence-corrected chi connectivity index (χ4v) is 13.9. The number of hydrogen-bond acceptors (Lipinski definition) is 3. The number of nitriles is 1. The van der Waals surface area contributed by atoms with Crippen molar-refractivity contribution >= 4 is 79.0 Å². The van der Waals surface area contributed by atoms with Crippen LogP contribution in [0.25, 0.3) is 94.3 Å². The molecule has 16 rings (SSSR count). The van der Waals surface area contributed by atoms with Crippen LogP contribution in [0.1, 0.15) is 16.7 Å². The monoisotopic (exact) mass is 1200 g/mol. The molecule has 438 valence electrons. The highest BCUT2D eigenvalue weighted by Crippen LogP contribution is 2.50. The van der Waals surface area contributed by atoms with Crippen molar-refractivity contribution in [2.75, 3.05) is 9.80 Å². The molecule has 0 radical (unpaired) electrons. The summed E-state index contributed by atoms with van der Waals surface area (Å²) in [5.41, 5.74) is 17.6. The van der Waals surface area contributed by atoms with Gasteiger partial charge in [0.05, 0.1) is 39.5 Å². The van der Waals surface area contributed by atoms with Crippen LogP contribution < -0.4 is 26.2 Å². The van der Waals surface area contributed by atoms with Crippen LogP contribution in [-0.4, -0.2) is 11.3 Å². The summed E-state index contributed by atoms with van der Waals surface area (Å²) in [4.78, 5) is 4.84. The van der Waals surface area contributed by atoms with Crippen molar-refractivity contribution in [1.29, 1.82) is 5.26 Å². The molecule has 0 fully saturated rings. The van der Waals surface area contributed by atoms with Crippen LogP contribution in [0.3, 0.4) is 0 Å². The first-order valence-electron chi connectivity index (χ1n) is 30.2. The minimum atomic E-state index is -5.18. The van der Waals surface area contributed by atoms with Gasteiger partial charge in [0.1, 0.15) is 0 Å². The Kier molecular flexibility index (Phi) is 13.2. The van der Waals surface area contributed by atoms with Gasteiger partial charge in [0, 0.05) is 50.5 Å². The summed E-state index contributed by atoms with van der Waals surface area (Å²) >= 11 is 0. The number of rotatable bonds is 9. The Morgan fingerprint density at radius 2 is 0.772 bits per heavy atom. The second-order valence-electron chi connectivity index (χ2n) is 23.3. The molecule has 0 saturated heterocycles. The average Bonchev–Trinajstić information content (AvgIpc) is 1.29. The molecule has 0 bridgehead atoms. The lowest BCUT2D eigenvalue weighted by Gasteiger charge is -2.44. The van der Waals surface area contributed by atoms with Crippen LogP contribution in [0.2, 0.25) is 0 Å². The second-order valence-corrected chi connectivity index (χ2v) is 23.3. The van der Waals surface area contributed by atoms with Gasteiger partial charge in [0.2, 0.25) is 0 Å². The van der Waals surface area contributed by atoms with Crippen molar-refractivity contribution in [1.82, 2.24) is 4.57 Å². The first kappa shape index (κ1) is 55.7. The first-order chi connectivity index (χ1) is 44.8. The highest BCUT2D eigenvalue weighted by molar-refractivity contribution is 7.00. The lowest BCUT2D eigenvalue weighted by atomic mass is 9.33. The third-order valence-electron chi connectivity index (χ3n) is 18.0. The Morgan fingerprint density at radius 1 is 0.315 bits per heavy atom. The number of aromatic nitrogens is 1. The molecule has 0 N–H and O–H groups in total. The van der Waals surface area contributed by atoms with Gasteiger partial charge in [-0.25, -0.2) is 0 Å². The number of hydrogen-bond donors (Lipinski definition) is 0. The predicted molar refractivity (Wildman–Crippen MR) is 362 cm³/mol. The van der Waals surface area contributed by atoms with Crippen LogP contribution in [0.15, 0.2) is 297 Å². The molecule has 1 aromatic heterocycles. The molecular weight excluding hydrogens is 1150 g/mol. The largest absolute Gasteiger partial charge is 0.417 e. The molecule has 3 heterocycles. The van der Waals surface area contributed by atoms with Gasteiger partial charge in [0.25, 0.3) is 6.71 Å². The molecular formula is C81H49BF6N4. The van der Waals surface area contributed by atoms with Crippen molar-refractivity contribution in [3.8, 4) is 78.5 Å². The molecule has 0 unspecified atom stereocenters. The van der Waals surface area contributed by atoms with Crippen LogP contribution >= 0.6 is 0 Å². The third kappa shape index (κ3) is 9.49. The third-order valence-corrected chi connectivity index (χ3v) is 18.0. The highest BCUT2D eigenvalue weighted by Gasteiger charge is 2.44. The van der Waals surface area contributed by atoms with Gasteiger partial charge in [0.15, 0.2) is 0 Å². The molecule has 0 atom stereocenters. The molecule has 13 aromatic carbocycles. The van der Waals surface area contributed by atoms with Gasteiger partial charge in [-0.1, -0.05) is 188 Å². The lowest BCUT2D eigenvalue weighted by Crippen LogP contribution is -2.61. The van der Waals surface area contributed by atoms with Crippen molar-refractivity contribution < 1.29 is 26.3 Å².